The lowest BCUT2D eigenvalue weighted by atomic mass is 9.98. The Bertz CT molecular complexity index is 1020. The van der Waals surface area contributed by atoms with E-state index < -0.39 is 16.1 Å². The lowest BCUT2D eigenvalue weighted by molar-refractivity contribution is -0.123. The first kappa shape index (κ1) is 22.2. The summed E-state index contributed by atoms with van der Waals surface area (Å²) in [6.07, 6.45) is 2.58. The third-order valence-corrected chi connectivity index (χ3v) is 7.74. The van der Waals surface area contributed by atoms with Gasteiger partial charge in [-0.1, -0.05) is 66.7 Å². The van der Waals surface area contributed by atoms with E-state index in [1.54, 1.807) is 18.4 Å². The highest BCUT2D eigenvalue weighted by molar-refractivity contribution is 7.91. The van der Waals surface area contributed by atoms with Gasteiger partial charge in [-0.2, -0.15) is 4.72 Å². The van der Waals surface area contributed by atoms with Crippen LogP contribution in [0.1, 0.15) is 36.9 Å². The smallest absolute Gasteiger partial charge is 0.250 e. The van der Waals surface area contributed by atoms with Crippen LogP contribution in [-0.2, 0) is 21.2 Å². The molecule has 0 bridgehead atoms. The summed E-state index contributed by atoms with van der Waals surface area (Å²) < 4.78 is 27.5. The molecule has 5 nitrogen and oxygen atoms in total. The van der Waals surface area contributed by atoms with Crippen LogP contribution in [0, 0.1) is 0 Å². The van der Waals surface area contributed by atoms with Crippen LogP contribution in [0.3, 0.4) is 0 Å². The number of nitrogens with one attached hydrogen (secondary N) is 2. The van der Waals surface area contributed by atoms with Gasteiger partial charge in [0.05, 0.1) is 12.1 Å². The van der Waals surface area contributed by atoms with Crippen LogP contribution in [0.4, 0.5) is 0 Å². The molecule has 2 N–H and O–H groups in total. The van der Waals surface area contributed by atoms with Crippen LogP contribution in [0.15, 0.2) is 82.4 Å². The fourth-order valence-electron chi connectivity index (χ4n) is 3.22. The summed E-state index contributed by atoms with van der Waals surface area (Å²) in [7, 11) is -3.71. The summed E-state index contributed by atoms with van der Waals surface area (Å²) >= 11 is 1.12. The molecular weight excluding hydrogens is 416 g/mol. The SMILES string of the molecule is CC(NS(=O)(=O)c1cccs1)C(=O)NC(CCCc1ccccc1)c1ccccc1. The number of hydrogen-bond acceptors (Lipinski definition) is 4. The number of rotatable bonds is 10. The number of amides is 1. The molecule has 30 heavy (non-hydrogen) atoms. The van der Waals surface area contributed by atoms with Gasteiger partial charge in [-0.3, -0.25) is 4.79 Å². The summed E-state index contributed by atoms with van der Waals surface area (Å²) in [5, 5.41) is 4.72. The van der Waals surface area contributed by atoms with Crippen LogP contribution in [0.2, 0.25) is 0 Å². The van der Waals surface area contributed by atoms with Crippen LogP contribution >= 0.6 is 11.3 Å². The highest BCUT2D eigenvalue weighted by Gasteiger charge is 2.24. The second-order valence-electron chi connectivity index (χ2n) is 7.12. The summed E-state index contributed by atoms with van der Waals surface area (Å²) in [6.45, 7) is 1.56. The van der Waals surface area contributed by atoms with E-state index in [0.29, 0.717) is 0 Å². The average molecular weight is 443 g/mol. The molecule has 0 saturated carbocycles. The second kappa shape index (κ2) is 10.5. The monoisotopic (exact) mass is 442 g/mol. The molecule has 1 aromatic heterocycles. The van der Waals surface area contributed by atoms with Gasteiger partial charge >= 0.3 is 0 Å². The van der Waals surface area contributed by atoms with Crippen LogP contribution < -0.4 is 10.0 Å². The lowest BCUT2D eigenvalue weighted by Crippen LogP contribution is -2.45. The van der Waals surface area contributed by atoms with Gasteiger partial charge in [0.2, 0.25) is 5.91 Å². The van der Waals surface area contributed by atoms with Crippen molar-refractivity contribution in [3.8, 4) is 0 Å². The highest BCUT2D eigenvalue weighted by atomic mass is 32.2. The largest absolute Gasteiger partial charge is 0.348 e. The number of sulfonamides is 1. The molecule has 158 valence electrons. The lowest BCUT2D eigenvalue weighted by Gasteiger charge is -2.22. The van der Waals surface area contributed by atoms with Crippen molar-refractivity contribution in [2.24, 2.45) is 0 Å². The maximum Gasteiger partial charge on any atom is 0.250 e. The summed E-state index contributed by atoms with van der Waals surface area (Å²) in [6, 6.07) is 22.1. The molecule has 0 fully saturated rings. The number of aryl methyl sites for hydroxylation is 1. The molecule has 0 saturated heterocycles. The van der Waals surface area contributed by atoms with Crippen molar-refractivity contribution in [1.29, 1.82) is 0 Å². The number of carbonyl (C=O) groups is 1. The van der Waals surface area contributed by atoms with Gasteiger partial charge in [-0.05, 0) is 48.8 Å². The van der Waals surface area contributed by atoms with E-state index in [0.717, 1.165) is 36.2 Å². The van der Waals surface area contributed by atoms with Gasteiger partial charge in [-0.15, -0.1) is 11.3 Å². The molecule has 1 amide bonds. The maximum atomic E-state index is 12.8. The van der Waals surface area contributed by atoms with Gasteiger partial charge in [0.25, 0.3) is 10.0 Å². The minimum absolute atomic E-state index is 0.184. The standard InChI is InChI=1S/C23H26N2O3S2/c1-18(25-30(27,28)22-16-9-17-29-22)23(26)24-21(20-13-6-3-7-14-20)15-8-12-19-10-4-2-5-11-19/h2-7,9-11,13-14,16-18,21,25H,8,12,15H2,1H3,(H,24,26). The van der Waals surface area contributed by atoms with Crippen LogP contribution in [-0.4, -0.2) is 20.4 Å². The zero-order valence-electron chi connectivity index (χ0n) is 16.8. The minimum atomic E-state index is -3.71. The molecule has 1 heterocycles. The first-order valence-corrected chi connectivity index (χ1v) is 12.3. The fourth-order valence-corrected chi connectivity index (χ4v) is 5.43. The number of benzene rings is 2. The quantitative estimate of drug-likeness (QED) is 0.492. The van der Waals surface area contributed by atoms with Crippen LogP contribution in [0.25, 0.3) is 0 Å². The number of carbonyl (C=O) groups excluding carboxylic acids is 1. The van der Waals surface area contributed by atoms with E-state index in [-0.39, 0.29) is 16.2 Å². The number of hydrogen-bond donors (Lipinski definition) is 2. The normalized spacial score (nSPS) is 13.5. The van der Waals surface area contributed by atoms with Crippen molar-refractivity contribution in [2.45, 2.75) is 42.5 Å². The molecule has 0 aliphatic heterocycles. The molecule has 0 spiro atoms. The molecule has 7 heteroatoms. The van der Waals surface area contributed by atoms with E-state index in [2.05, 4.69) is 22.2 Å². The Morgan fingerprint density at radius 2 is 1.63 bits per heavy atom. The predicted octanol–water partition coefficient (Wildman–Crippen LogP) is 4.30. The fraction of sp³-hybridized carbons (Fsp3) is 0.261. The van der Waals surface area contributed by atoms with Gasteiger partial charge in [-0.25, -0.2) is 8.42 Å². The second-order valence-corrected chi connectivity index (χ2v) is 10.0. The third kappa shape index (κ3) is 6.26. The van der Waals surface area contributed by atoms with Gasteiger partial charge in [0.1, 0.15) is 4.21 Å². The Kier molecular flexibility index (Phi) is 7.79. The number of thiophene rings is 1. The van der Waals surface area contributed by atoms with Crippen molar-refractivity contribution in [3.63, 3.8) is 0 Å². The first-order valence-electron chi connectivity index (χ1n) is 9.91. The van der Waals surface area contributed by atoms with Gasteiger partial charge in [0.15, 0.2) is 0 Å². The first-order chi connectivity index (χ1) is 14.5. The van der Waals surface area contributed by atoms with Crippen molar-refractivity contribution in [2.75, 3.05) is 0 Å². The van der Waals surface area contributed by atoms with Gasteiger partial charge < -0.3 is 5.32 Å². The predicted molar refractivity (Wildman–Crippen MR) is 121 cm³/mol. The Labute approximate surface area is 182 Å². The average Bonchev–Trinajstić information content (AvgIpc) is 3.30. The van der Waals surface area contributed by atoms with Crippen molar-refractivity contribution in [1.82, 2.24) is 10.0 Å². The third-order valence-electron chi connectivity index (χ3n) is 4.80. The van der Waals surface area contributed by atoms with Crippen molar-refractivity contribution in [3.05, 3.63) is 89.3 Å². The topological polar surface area (TPSA) is 75.3 Å². The maximum absolute atomic E-state index is 12.8. The summed E-state index contributed by atoms with van der Waals surface area (Å²) in [4.78, 5) is 12.8. The molecular formula is C23H26N2O3S2. The Morgan fingerprint density at radius 3 is 2.27 bits per heavy atom. The molecule has 3 rings (SSSR count). The Balaban J connectivity index is 1.63. The minimum Gasteiger partial charge on any atom is -0.348 e. The molecule has 0 aliphatic carbocycles. The zero-order chi connectivity index (χ0) is 21.4. The van der Waals surface area contributed by atoms with Gasteiger partial charge in [0, 0.05) is 0 Å². The Hall–Kier alpha value is -2.48. The van der Waals surface area contributed by atoms with Crippen molar-refractivity contribution >= 4 is 27.3 Å². The molecule has 0 radical (unpaired) electrons. The van der Waals surface area contributed by atoms with E-state index in [1.807, 2.05) is 48.5 Å². The summed E-state index contributed by atoms with van der Waals surface area (Å²) in [5.74, 6) is -0.344. The molecule has 3 aromatic rings. The van der Waals surface area contributed by atoms with E-state index >= 15 is 0 Å². The molecule has 2 atom stereocenters. The Morgan fingerprint density at radius 1 is 0.967 bits per heavy atom. The van der Waals surface area contributed by atoms with Crippen LogP contribution in [0.5, 0.6) is 0 Å². The van der Waals surface area contributed by atoms with E-state index in [9.17, 15) is 13.2 Å². The zero-order valence-corrected chi connectivity index (χ0v) is 18.5. The summed E-state index contributed by atoms with van der Waals surface area (Å²) in [5.41, 5.74) is 2.26. The molecule has 0 aliphatic rings. The highest BCUT2D eigenvalue weighted by Crippen LogP contribution is 2.21. The van der Waals surface area contributed by atoms with Crippen molar-refractivity contribution < 1.29 is 13.2 Å². The van der Waals surface area contributed by atoms with E-state index in [4.69, 9.17) is 0 Å². The van der Waals surface area contributed by atoms with E-state index in [1.165, 1.54) is 11.6 Å². The molecule has 2 aromatic carbocycles. The molecule has 2 unspecified atom stereocenters.